The standard InChI is InChI=1S/C24H25N3O5S/c1-4-16(18-10-14(11-32-18)13-8-9-33-12-13)25-19-20(23(30)22(19)29)26-17-7-5-6-15(21(17)28)24(31)27(2)3/h5-12,16,22,25-26,28-29H,4H2,1-3H3. The number of hydrogen-bond acceptors (Lipinski definition) is 8. The number of nitrogens with one attached hydrogen (secondary N) is 2. The smallest absolute Gasteiger partial charge is 0.257 e. The van der Waals surface area contributed by atoms with Crippen molar-refractivity contribution >= 4 is 28.7 Å². The summed E-state index contributed by atoms with van der Waals surface area (Å²) in [5, 5.41) is 31.0. The first kappa shape index (κ1) is 22.6. The van der Waals surface area contributed by atoms with Crippen LogP contribution in [0, 0.1) is 0 Å². The highest BCUT2D eigenvalue weighted by molar-refractivity contribution is 7.08. The van der Waals surface area contributed by atoms with Gasteiger partial charge in [0.25, 0.3) is 5.91 Å². The van der Waals surface area contributed by atoms with Gasteiger partial charge in [0.1, 0.15) is 11.5 Å². The van der Waals surface area contributed by atoms with E-state index in [1.54, 1.807) is 43.8 Å². The molecule has 1 amide bonds. The maximum Gasteiger partial charge on any atom is 0.257 e. The second-order valence-electron chi connectivity index (χ2n) is 7.94. The van der Waals surface area contributed by atoms with E-state index in [1.165, 1.54) is 11.0 Å². The average Bonchev–Trinajstić information content (AvgIpc) is 3.51. The number of aliphatic hydroxyl groups is 1. The number of Topliss-reactive ketones (excluding diaryl/α,β-unsaturated/α-hetero) is 1. The van der Waals surface area contributed by atoms with Gasteiger partial charge in [0.05, 0.1) is 29.3 Å². The van der Waals surface area contributed by atoms with Crippen LogP contribution in [0.15, 0.2) is 63.2 Å². The van der Waals surface area contributed by atoms with Crippen LogP contribution in [0.1, 0.15) is 35.5 Å². The molecule has 2 heterocycles. The van der Waals surface area contributed by atoms with Gasteiger partial charge >= 0.3 is 0 Å². The first-order valence-electron chi connectivity index (χ1n) is 10.5. The Bertz CT molecular complexity index is 1210. The first-order valence-corrected chi connectivity index (χ1v) is 11.4. The molecule has 2 aromatic heterocycles. The molecule has 0 saturated carbocycles. The van der Waals surface area contributed by atoms with E-state index in [0.717, 1.165) is 11.1 Å². The van der Waals surface area contributed by atoms with Gasteiger partial charge in [0.2, 0.25) is 5.78 Å². The third-order valence-corrected chi connectivity index (χ3v) is 6.21. The van der Waals surface area contributed by atoms with Gasteiger partial charge in [-0.3, -0.25) is 9.59 Å². The largest absolute Gasteiger partial charge is 0.505 e. The maximum absolute atomic E-state index is 12.4. The second kappa shape index (κ2) is 9.13. The quantitative estimate of drug-likeness (QED) is 0.373. The van der Waals surface area contributed by atoms with Crippen molar-refractivity contribution in [1.29, 1.82) is 0 Å². The molecule has 0 bridgehead atoms. The molecule has 0 radical (unpaired) electrons. The average molecular weight is 468 g/mol. The molecule has 0 aliphatic heterocycles. The molecule has 1 aliphatic rings. The summed E-state index contributed by atoms with van der Waals surface area (Å²) < 4.78 is 5.76. The number of amides is 1. The summed E-state index contributed by atoms with van der Waals surface area (Å²) in [7, 11) is 3.17. The molecular formula is C24H25N3O5S. The van der Waals surface area contributed by atoms with Crippen LogP contribution in [-0.2, 0) is 4.79 Å². The van der Waals surface area contributed by atoms with Gasteiger partial charge in [-0.05, 0) is 47.0 Å². The van der Waals surface area contributed by atoms with Gasteiger partial charge in [0.15, 0.2) is 11.9 Å². The minimum atomic E-state index is -1.30. The number of nitrogens with zero attached hydrogens (tertiary/aromatic N) is 1. The molecule has 4 rings (SSSR count). The Morgan fingerprint density at radius 3 is 2.73 bits per heavy atom. The number of rotatable bonds is 8. The highest BCUT2D eigenvalue weighted by Gasteiger charge is 2.40. The number of para-hydroxylation sites is 1. The molecule has 3 aromatic rings. The Morgan fingerprint density at radius 1 is 1.27 bits per heavy atom. The van der Waals surface area contributed by atoms with Crippen LogP contribution < -0.4 is 10.6 Å². The van der Waals surface area contributed by atoms with Gasteiger partial charge < -0.3 is 30.2 Å². The number of ketones is 1. The number of anilines is 1. The number of phenols is 1. The number of phenolic OH excluding ortho intramolecular Hbond substituents is 1. The number of carbonyl (C=O) groups is 2. The summed E-state index contributed by atoms with van der Waals surface area (Å²) in [6.45, 7) is 1.97. The minimum Gasteiger partial charge on any atom is -0.505 e. The van der Waals surface area contributed by atoms with Crippen molar-refractivity contribution in [3.63, 3.8) is 0 Å². The summed E-state index contributed by atoms with van der Waals surface area (Å²) in [6, 6.07) is 8.34. The molecule has 0 saturated heterocycles. The fourth-order valence-corrected chi connectivity index (χ4v) is 4.27. The summed E-state index contributed by atoms with van der Waals surface area (Å²) in [4.78, 5) is 26.0. The molecule has 2 unspecified atom stereocenters. The highest BCUT2D eigenvalue weighted by Crippen LogP contribution is 2.35. The topological polar surface area (TPSA) is 115 Å². The van der Waals surface area contributed by atoms with Gasteiger partial charge in [-0.15, -0.1) is 0 Å². The van der Waals surface area contributed by atoms with Crippen LogP contribution in [0.3, 0.4) is 0 Å². The normalized spacial score (nSPS) is 16.4. The molecule has 33 heavy (non-hydrogen) atoms. The lowest BCUT2D eigenvalue weighted by Crippen LogP contribution is -2.46. The van der Waals surface area contributed by atoms with E-state index in [2.05, 4.69) is 10.6 Å². The maximum atomic E-state index is 12.4. The lowest BCUT2D eigenvalue weighted by Gasteiger charge is -2.32. The highest BCUT2D eigenvalue weighted by atomic mass is 32.1. The van der Waals surface area contributed by atoms with E-state index in [9.17, 15) is 19.8 Å². The summed E-state index contributed by atoms with van der Waals surface area (Å²) >= 11 is 1.60. The Hall–Kier alpha value is -3.56. The van der Waals surface area contributed by atoms with E-state index in [1.807, 2.05) is 29.8 Å². The van der Waals surface area contributed by atoms with Gasteiger partial charge in [0, 0.05) is 19.7 Å². The summed E-state index contributed by atoms with van der Waals surface area (Å²) in [5.41, 5.74) is 2.77. The number of aliphatic hydroxyl groups excluding tert-OH is 1. The van der Waals surface area contributed by atoms with Crippen molar-refractivity contribution in [2.75, 3.05) is 19.4 Å². The molecule has 4 N–H and O–H groups in total. The second-order valence-corrected chi connectivity index (χ2v) is 8.72. The molecule has 1 aromatic carbocycles. The predicted molar refractivity (Wildman–Crippen MR) is 126 cm³/mol. The fourth-order valence-electron chi connectivity index (χ4n) is 3.61. The van der Waals surface area contributed by atoms with Crippen LogP contribution in [-0.4, -0.2) is 47.0 Å². The SMILES string of the molecule is CCC(NC1=C(Nc2cccc(C(=O)N(C)C)c2O)C(=O)C1O)c1cc(-c2ccsc2)co1. The van der Waals surface area contributed by atoms with Crippen LogP contribution in [0.4, 0.5) is 5.69 Å². The van der Waals surface area contributed by atoms with Crippen molar-refractivity contribution in [3.8, 4) is 16.9 Å². The monoisotopic (exact) mass is 467 g/mol. The van der Waals surface area contributed by atoms with E-state index >= 15 is 0 Å². The molecule has 8 nitrogen and oxygen atoms in total. The molecular weight excluding hydrogens is 442 g/mol. The van der Waals surface area contributed by atoms with Gasteiger partial charge in [-0.25, -0.2) is 0 Å². The number of benzene rings is 1. The molecule has 2 atom stereocenters. The van der Waals surface area contributed by atoms with E-state index < -0.39 is 11.9 Å². The number of furan rings is 1. The van der Waals surface area contributed by atoms with E-state index in [4.69, 9.17) is 4.42 Å². The number of aromatic hydroxyl groups is 1. The minimum absolute atomic E-state index is 0.107. The molecule has 9 heteroatoms. The molecule has 1 aliphatic carbocycles. The van der Waals surface area contributed by atoms with Gasteiger partial charge in [-0.1, -0.05) is 13.0 Å². The molecule has 0 fully saturated rings. The molecule has 0 spiro atoms. The summed E-state index contributed by atoms with van der Waals surface area (Å²) in [5.74, 6) is -0.461. The van der Waals surface area contributed by atoms with Crippen molar-refractivity contribution in [2.45, 2.75) is 25.5 Å². The first-order chi connectivity index (χ1) is 15.8. The Balaban J connectivity index is 1.59. The zero-order chi connectivity index (χ0) is 23.7. The van der Waals surface area contributed by atoms with Crippen molar-refractivity contribution in [2.24, 2.45) is 0 Å². The lowest BCUT2D eigenvalue weighted by atomic mass is 9.93. The number of thiophene rings is 1. The number of carbonyl (C=O) groups excluding carboxylic acids is 2. The zero-order valence-corrected chi connectivity index (χ0v) is 19.3. The zero-order valence-electron chi connectivity index (χ0n) is 18.5. The van der Waals surface area contributed by atoms with E-state index in [-0.39, 0.29) is 34.6 Å². The predicted octanol–water partition coefficient (Wildman–Crippen LogP) is 3.72. The summed E-state index contributed by atoms with van der Waals surface area (Å²) in [6.07, 6.45) is 1.02. The molecule has 172 valence electrons. The van der Waals surface area contributed by atoms with Gasteiger partial charge in [-0.2, -0.15) is 11.3 Å². The van der Waals surface area contributed by atoms with Crippen LogP contribution in [0.25, 0.3) is 11.1 Å². The van der Waals surface area contributed by atoms with E-state index in [0.29, 0.717) is 17.9 Å². The van der Waals surface area contributed by atoms with Crippen LogP contribution >= 0.6 is 11.3 Å². The fraction of sp³-hybridized carbons (Fsp3) is 0.250. The van der Waals surface area contributed by atoms with Crippen molar-refractivity contribution in [3.05, 3.63) is 70.1 Å². The Morgan fingerprint density at radius 2 is 2.06 bits per heavy atom. The Labute approximate surface area is 195 Å². The van der Waals surface area contributed by atoms with Crippen molar-refractivity contribution < 1.29 is 24.2 Å². The third-order valence-electron chi connectivity index (χ3n) is 5.53. The van der Waals surface area contributed by atoms with Crippen LogP contribution in [0.2, 0.25) is 0 Å². The Kier molecular flexibility index (Phi) is 6.26. The third kappa shape index (κ3) is 4.24. The van der Waals surface area contributed by atoms with Crippen molar-refractivity contribution in [1.82, 2.24) is 10.2 Å². The lowest BCUT2D eigenvalue weighted by molar-refractivity contribution is -0.124. The van der Waals surface area contributed by atoms with Crippen LogP contribution in [0.5, 0.6) is 5.75 Å². The number of hydrogen-bond donors (Lipinski definition) is 4.